The third kappa shape index (κ3) is 15.0. The summed E-state index contributed by atoms with van der Waals surface area (Å²) >= 11 is 0. The van der Waals surface area contributed by atoms with Gasteiger partial charge in [0.2, 0.25) is 0 Å². The van der Waals surface area contributed by atoms with E-state index in [-0.39, 0.29) is 9.52 Å². The van der Waals surface area contributed by atoms with E-state index in [9.17, 15) is 0 Å². The fourth-order valence-corrected chi connectivity index (χ4v) is 12.4. The molecule has 0 amide bonds. The molecule has 2 unspecified atom stereocenters. The Morgan fingerprint density at radius 1 is 0.531 bits per heavy atom. The predicted octanol–water partition coefficient (Wildman–Crippen LogP) is 15.1. The van der Waals surface area contributed by atoms with Gasteiger partial charge in [0.25, 0.3) is 0 Å². The fraction of sp³-hybridized carbons (Fsp3) is 0.750. The van der Waals surface area contributed by atoms with E-state index < -0.39 is 0 Å². The lowest BCUT2D eigenvalue weighted by Gasteiger charge is -2.38. The van der Waals surface area contributed by atoms with E-state index >= 15 is 0 Å². The van der Waals surface area contributed by atoms with Crippen molar-refractivity contribution in [3.63, 3.8) is 0 Å². The monoisotopic (exact) mass is 685 g/mol. The minimum Gasteiger partial charge on any atom is -0.0654 e. The highest BCUT2D eigenvalue weighted by atomic mass is 28.2. The smallest absolute Gasteiger partial charge is 0.0287 e. The highest BCUT2D eigenvalue weighted by molar-refractivity contribution is 6.37. The number of aryl methyl sites for hydroxylation is 1. The van der Waals surface area contributed by atoms with Crippen LogP contribution in [0.3, 0.4) is 0 Å². The highest BCUT2D eigenvalue weighted by Gasteiger charge is 2.30. The van der Waals surface area contributed by atoms with Gasteiger partial charge in [0.1, 0.15) is 0 Å². The number of unbranched alkanes of at least 4 members (excludes halogenated alkanes) is 7. The molecule has 0 saturated heterocycles. The third-order valence-electron chi connectivity index (χ3n) is 13.4. The maximum atomic E-state index is 2.46. The Morgan fingerprint density at radius 3 is 1.67 bits per heavy atom. The van der Waals surface area contributed by atoms with Crippen molar-refractivity contribution in [3.8, 4) is 11.1 Å². The Hall–Kier alpha value is -1.34. The first kappa shape index (κ1) is 40.4. The quantitative estimate of drug-likeness (QED) is 0.0762. The molecule has 276 valence electrons. The Morgan fingerprint density at radius 2 is 1.08 bits per heavy atom. The molecule has 0 aliphatic heterocycles. The molecule has 49 heavy (non-hydrogen) atoms. The molecule has 0 N–H and O–H groups in total. The van der Waals surface area contributed by atoms with Gasteiger partial charge in [0, 0.05) is 9.52 Å². The van der Waals surface area contributed by atoms with Crippen molar-refractivity contribution in [2.75, 3.05) is 0 Å². The van der Waals surface area contributed by atoms with Crippen molar-refractivity contribution in [3.05, 3.63) is 59.7 Å². The SMILES string of the molecule is CCCC[SiH2]C(CCCC)c1ccc(-c2ccc(CCC3CCC(C4CCC(CCCCCCCCC(C)CCC)CC4)CC3)cc2)cc1. The largest absolute Gasteiger partial charge is 0.0654 e. The van der Waals surface area contributed by atoms with E-state index in [2.05, 4.69) is 76.2 Å². The van der Waals surface area contributed by atoms with Gasteiger partial charge in [-0.3, -0.25) is 0 Å². The Kier molecular flexibility index (Phi) is 19.8. The van der Waals surface area contributed by atoms with Crippen molar-refractivity contribution in [2.24, 2.45) is 29.6 Å². The molecule has 0 spiro atoms. The fourth-order valence-electron chi connectivity index (χ4n) is 9.92. The molecule has 2 atom stereocenters. The van der Waals surface area contributed by atoms with Crippen molar-refractivity contribution in [1.82, 2.24) is 0 Å². The molecule has 2 saturated carbocycles. The molecule has 2 aliphatic rings. The third-order valence-corrected chi connectivity index (χ3v) is 15.8. The van der Waals surface area contributed by atoms with Crippen LogP contribution in [0.5, 0.6) is 0 Å². The van der Waals surface area contributed by atoms with Crippen molar-refractivity contribution in [2.45, 2.75) is 200 Å². The van der Waals surface area contributed by atoms with Gasteiger partial charge in [-0.05, 0) is 102 Å². The zero-order chi connectivity index (χ0) is 34.5. The lowest BCUT2D eigenvalue weighted by atomic mass is 9.68. The Labute approximate surface area is 308 Å². The Bertz CT molecular complexity index is 1070. The second-order valence-electron chi connectivity index (χ2n) is 17.3. The summed E-state index contributed by atoms with van der Waals surface area (Å²) in [7, 11) is -0.0192. The molecule has 1 heteroatoms. The summed E-state index contributed by atoms with van der Waals surface area (Å²) in [5, 5.41) is 0. The van der Waals surface area contributed by atoms with Crippen LogP contribution < -0.4 is 0 Å². The summed E-state index contributed by atoms with van der Waals surface area (Å²) < 4.78 is 0. The minimum atomic E-state index is -0.0192. The molecule has 0 aromatic heterocycles. The van der Waals surface area contributed by atoms with Gasteiger partial charge < -0.3 is 0 Å². The first-order chi connectivity index (χ1) is 24.1. The molecule has 4 rings (SSSR count). The van der Waals surface area contributed by atoms with Gasteiger partial charge in [-0.15, -0.1) is 0 Å². The summed E-state index contributed by atoms with van der Waals surface area (Å²) in [6.45, 7) is 9.45. The maximum absolute atomic E-state index is 2.46. The van der Waals surface area contributed by atoms with Crippen LogP contribution in [-0.2, 0) is 6.42 Å². The van der Waals surface area contributed by atoms with Gasteiger partial charge in [0.15, 0.2) is 0 Å². The van der Waals surface area contributed by atoms with Crippen molar-refractivity contribution < 1.29 is 0 Å². The van der Waals surface area contributed by atoms with E-state index in [0.717, 1.165) is 35.1 Å². The van der Waals surface area contributed by atoms with Crippen molar-refractivity contribution in [1.29, 1.82) is 0 Å². The van der Waals surface area contributed by atoms with Crippen LogP contribution in [0.2, 0.25) is 6.04 Å². The molecule has 0 bridgehead atoms. The summed E-state index contributed by atoms with van der Waals surface area (Å²) in [6, 6.07) is 20.9. The standard InChI is InChI=1S/C48H80Si/c1-5-8-19-48(49-38-9-6-2)47-36-34-46(35-37-47)45-32-26-42(27-33-45)21-20-41-24-30-44(31-25-41)43-28-22-40(23-29-43)18-15-13-11-10-12-14-17-39(4)16-7-3/h26-27,32-37,39-41,43-44,48H,5-25,28-31,38,49H2,1-4H3. The van der Waals surface area contributed by atoms with E-state index in [4.69, 9.17) is 0 Å². The Balaban J connectivity index is 1.07. The summed E-state index contributed by atoms with van der Waals surface area (Å²) in [6.07, 6.45) is 36.4. The first-order valence-corrected chi connectivity index (χ1v) is 24.1. The second-order valence-corrected chi connectivity index (χ2v) is 19.6. The van der Waals surface area contributed by atoms with Gasteiger partial charge in [-0.2, -0.15) is 0 Å². The van der Waals surface area contributed by atoms with E-state index in [1.165, 1.54) is 152 Å². The van der Waals surface area contributed by atoms with Crippen LogP contribution in [0.4, 0.5) is 0 Å². The maximum Gasteiger partial charge on any atom is 0.0287 e. The molecule has 2 fully saturated rings. The molecule has 0 heterocycles. The predicted molar refractivity (Wildman–Crippen MR) is 223 cm³/mol. The highest BCUT2D eigenvalue weighted by Crippen LogP contribution is 2.43. The minimum absolute atomic E-state index is 0.0192. The molecular weight excluding hydrogens is 605 g/mol. The van der Waals surface area contributed by atoms with E-state index in [0.29, 0.717) is 0 Å². The topological polar surface area (TPSA) is 0 Å². The van der Waals surface area contributed by atoms with Gasteiger partial charge in [-0.1, -0.05) is 198 Å². The number of hydrogen-bond acceptors (Lipinski definition) is 0. The first-order valence-electron chi connectivity index (χ1n) is 22.3. The lowest BCUT2D eigenvalue weighted by molar-refractivity contribution is 0.140. The zero-order valence-electron chi connectivity index (χ0n) is 33.2. The van der Waals surface area contributed by atoms with Crippen LogP contribution in [0.25, 0.3) is 11.1 Å². The molecule has 0 radical (unpaired) electrons. The second kappa shape index (κ2) is 24.0. The average molecular weight is 685 g/mol. The molecule has 0 nitrogen and oxygen atoms in total. The van der Waals surface area contributed by atoms with Gasteiger partial charge in [-0.25, -0.2) is 0 Å². The van der Waals surface area contributed by atoms with Crippen LogP contribution in [0.1, 0.15) is 198 Å². The van der Waals surface area contributed by atoms with E-state index in [1.807, 2.05) is 0 Å². The summed E-state index contributed by atoms with van der Waals surface area (Å²) in [4.78, 5) is 0. The normalized spacial score (nSPS) is 22.9. The number of benzene rings is 2. The van der Waals surface area contributed by atoms with Gasteiger partial charge in [0.05, 0.1) is 0 Å². The number of rotatable bonds is 24. The zero-order valence-corrected chi connectivity index (χ0v) is 34.6. The molecular formula is C48H80Si. The van der Waals surface area contributed by atoms with Gasteiger partial charge >= 0.3 is 0 Å². The van der Waals surface area contributed by atoms with Crippen LogP contribution in [0, 0.1) is 29.6 Å². The number of hydrogen-bond donors (Lipinski definition) is 0. The van der Waals surface area contributed by atoms with Crippen LogP contribution >= 0.6 is 0 Å². The summed E-state index contributed by atoms with van der Waals surface area (Å²) in [5.74, 6) is 5.06. The molecule has 2 aliphatic carbocycles. The van der Waals surface area contributed by atoms with Crippen molar-refractivity contribution >= 4 is 9.52 Å². The van der Waals surface area contributed by atoms with E-state index in [1.54, 1.807) is 36.8 Å². The average Bonchev–Trinajstić information content (AvgIpc) is 3.14. The molecule has 2 aromatic carbocycles. The molecule has 2 aromatic rings. The van der Waals surface area contributed by atoms with Crippen LogP contribution in [0.15, 0.2) is 48.5 Å². The van der Waals surface area contributed by atoms with Crippen LogP contribution in [-0.4, -0.2) is 9.52 Å². The summed E-state index contributed by atoms with van der Waals surface area (Å²) in [5.41, 5.74) is 6.81. The lowest BCUT2D eigenvalue weighted by Crippen LogP contribution is -2.26.